The second-order valence-corrected chi connectivity index (χ2v) is 12.5. The Morgan fingerprint density at radius 3 is 1.95 bits per heavy atom. The Labute approximate surface area is 227 Å². The summed E-state index contributed by atoms with van der Waals surface area (Å²) in [5.41, 5.74) is 9.95. The van der Waals surface area contributed by atoms with Gasteiger partial charge < -0.3 is 0 Å². The van der Waals surface area contributed by atoms with Gasteiger partial charge in [-0.1, -0.05) is 143 Å². The zero-order valence-corrected chi connectivity index (χ0v) is 23.4. The SMILES string of the molecule is CC(C)c1cc(C(C)C)c2cc3c4c(ccc5ccc1c2c54)B(c1ccccc1)c1ccccc1C3(C)C. The number of benzene rings is 6. The molecule has 1 heterocycles. The summed E-state index contributed by atoms with van der Waals surface area (Å²) in [5, 5.41) is 8.60. The highest BCUT2D eigenvalue weighted by atomic mass is 14.3. The van der Waals surface area contributed by atoms with Gasteiger partial charge in [-0.2, -0.15) is 0 Å². The normalized spacial score (nSPS) is 14.7. The fourth-order valence-corrected chi connectivity index (χ4v) is 7.41. The fourth-order valence-electron chi connectivity index (χ4n) is 7.41. The molecule has 0 unspecified atom stereocenters. The topological polar surface area (TPSA) is 0 Å². The Balaban J connectivity index is 1.76. The molecule has 0 aromatic heterocycles. The predicted molar refractivity (Wildman–Crippen MR) is 168 cm³/mol. The van der Waals surface area contributed by atoms with Gasteiger partial charge in [0, 0.05) is 5.41 Å². The van der Waals surface area contributed by atoms with E-state index < -0.39 is 0 Å². The van der Waals surface area contributed by atoms with Crippen LogP contribution in [0.3, 0.4) is 0 Å². The Morgan fingerprint density at radius 2 is 1.21 bits per heavy atom. The lowest BCUT2D eigenvalue weighted by Crippen LogP contribution is -2.53. The molecule has 38 heavy (non-hydrogen) atoms. The third-order valence-electron chi connectivity index (χ3n) is 9.29. The Hall–Kier alpha value is -3.58. The number of hydrogen-bond acceptors (Lipinski definition) is 0. The lowest BCUT2D eigenvalue weighted by atomic mass is 9.36. The molecule has 6 aromatic carbocycles. The van der Waals surface area contributed by atoms with Crippen molar-refractivity contribution in [1.29, 1.82) is 0 Å². The van der Waals surface area contributed by atoms with Crippen molar-refractivity contribution in [3.05, 3.63) is 113 Å². The Bertz CT molecular complexity index is 1840. The molecule has 1 heteroatoms. The van der Waals surface area contributed by atoms with Gasteiger partial charge in [-0.25, -0.2) is 0 Å². The maximum absolute atomic E-state index is 2.58. The lowest BCUT2D eigenvalue weighted by Gasteiger charge is -2.30. The third kappa shape index (κ3) is 3.11. The molecule has 0 bridgehead atoms. The molecule has 6 aromatic rings. The molecule has 1 aliphatic rings. The van der Waals surface area contributed by atoms with Gasteiger partial charge in [-0.15, -0.1) is 0 Å². The molecule has 0 nitrogen and oxygen atoms in total. The van der Waals surface area contributed by atoms with Gasteiger partial charge in [-0.3, -0.25) is 0 Å². The minimum absolute atomic E-state index is 0.131. The van der Waals surface area contributed by atoms with Gasteiger partial charge in [0.2, 0.25) is 6.71 Å². The average molecular weight is 490 g/mol. The molecule has 0 aliphatic carbocycles. The van der Waals surface area contributed by atoms with E-state index in [0.29, 0.717) is 11.8 Å². The number of fused-ring (bicyclic) bond motifs is 1. The lowest BCUT2D eigenvalue weighted by molar-refractivity contribution is 0.653. The van der Waals surface area contributed by atoms with Crippen LogP contribution in [-0.2, 0) is 5.41 Å². The van der Waals surface area contributed by atoms with E-state index in [1.54, 1.807) is 0 Å². The first kappa shape index (κ1) is 23.5. The van der Waals surface area contributed by atoms with Crippen LogP contribution < -0.4 is 16.4 Å². The van der Waals surface area contributed by atoms with E-state index in [1.165, 1.54) is 71.0 Å². The quantitative estimate of drug-likeness (QED) is 0.174. The molecule has 7 rings (SSSR count). The molecule has 0 spiro atoms. The largest absolute Gasteiger partial charge is 0.242 e. The van der Waals surface area contributed by atoms with Crippen LogP contribution in [0.4, 0.5) is 0 Å². The third-order valence-corrected chi connectivity index (χ3v) is 9.29. The molecule has 186 valence electrons. The van der Waals surface area contributed by atoms with E-state index in [2.05, 4.69) is 133 Å². The van der Waals surface area contributed by atoms with E-state index in [9.17, 15) is 0 Å². The second-order valence-electron chi connectivity index (χ2n) is 12.5. The summed E-state index contributed by atoms with van der Waals surface area (Å²) in [5.74, 6) is 0.937. The van der Waals surface area contributed by atoms with Crippen molar-refractivity contribution in [2.45, 2.75) is 58.8 Å². The summed E-state index contributed by atoms with van der Waals surface area (Å²) in [6.07, 6.45) is 0. The van der Waals surface area contributed by atoms with E-state index in [0.717, 1.165) is 0 Å². The highest BCUT2D eigenvalue weighted by Gasteiger charge is 2.38. The predicted octanol–water partition coefficient (Wildman–Crippen LogP) is 7.99. The molecule has 0 saturated heterocycles. The van der Waals surface area contributed by atoms with Crippen LogP contribution in [0, 0.1) is 0 Å². The van der Waals surface area contributed by atoms with Gasteiger partial charge >= 0.3 is 0 Å². The number of rotatable bonds is 3. The molecular formula is C37H35B. The first-order chi connectivity index (χ1) is 18.3. The smallest absolute Gasteiger partial charge is 0.0686 e. The zero-order chi connectivity index (χ0) is 26.3. The Kier molecular flexibility index (Phi) is 5.08. The van der Waals surface area contributed by atoms with E-state index in [1.807, 2.05) is 0 Å². The molecule has 0 fully saturated rings. The maximum atomic E-state index is 2.58. The summed E-state index contributed by atoms with van der Waals surface area (Å²) < 4.78 is 0. The summed E-state index contributed by atoms with van der Waals surface area (Å²) in [6.45, 7) is 14.5. The second kappa shape index (κ2) is 8.21. The van der Waals surface area contributed by atoms with Gasteiger partial charge in [0.25, 0.3) is 0 Å². The molecule has 0 radical (unpaired) electrons. The average Bonchev–Trinajstić information content (AvgIpc) is 3.00. The van der Waals surface area contributed by atoms with Gasteiger partial charge in [0.05, 0.1) is 0 Å². The van der Waals surface area contributed by atoms with Crippen LogP contribution in [0.15, 0.2) is 91.0 Å². The van der Waals surface area contributed by atoms with E-state index >= 15 is 0 Å². The van der Waals surface area contributed by atoms with Crippen LogP contribution >= 0.6 is 0 Å². The first-order valence-corrected chi connectivity index (χ1v) is 14.2. The molecular weight excluding hydrogens is 455 g/mol. The van der Waals surface area contributed by atoms with Crippen LogP contribution in [0.1, 0.15) is 75.6 Å². The minimum Gasteiger partial charge on any atom is -0.0686 e. The van der Waals surface area contributed by atoms with Crippen LogP contribution in [-0.4, -0.2) is 6.71 Å². The van der Waals surface area contributed by atoms with Crippen molar-refractivity contribution in [2.75, 3.05) is 0 Å². The first-order valence-electron chi connectivity index (χ1n) is 14.2. The maximum Gasteiger partial charge on any atom is 0.242 e. The fraction of sp³-hybridized carbons (Fsp3) is 0.243. The van der Waals surface area contributed by atoms with Crippen LogP contribution in [0.2, 0.25) is 0 Å². The standard InChI is InChI=1S/C37H35B/c1-22(2)27-20-28(23(3)4)29-21-31-36-33(19-17-24-16-18-26(27)35(29)34(24)36)38(25-12-8-7-9-13-25)32-15-11-10-14-30(32)37(31,5)6/h7-23H,1-6H3. The highest BCUT2D eigenvalue weighted by Crippen LogP contribution is 2.46. The van der Waals surface area contributed by atoms with Gasteiger partial charge in [-0.05, 0) is 72.5 Å². The number of hydrogen-bond donors (Lipinski definition) is 0. The molecule has 0 saturated carbocycles. The van der Waals surface area contributed by atoms with Crippen LogP contribution in [0.5, 0.6) is 0 Å². The Morgan fingerprint density at radius 1 is 0.553 bits per heavy atom. The van der Waals surface area contributed by atoms with Crippen molar-refractivity contribution in [3.63, 3.8) is 0 Å². The van der Waals surface area contributed by atoms with Crippen molar-refractivity contribution in [1.82, 2.24) is 0 Å². The highest BCUT2D eigenvalue weighted by molar-refractivity contribution is 6.97. The summed E-state index contributed by atoms with van der Waals surface area (Å²) in [7, 11) is 0. The van der Waals surface area contributed by atoms with Crippen molar-refractivity contribution >= 4 is 55.4 Å². The van der Waals surface area contributed by atoms with Gasteiger partial charge in [0.15, 0.2) is 0 Å². The minimum atomic E-state index is -0.131. The van der Waals surface area contributed by atoms with Crippen molar-refractivity contribution < 1.29 is 0 Å². The van der Waals surface area contributed by atoms with Crippen molar-refractivity contribution in [3.8, 4) is 0 Å². The zero-order valence-electron chi connectivity index (χ0n) is 23.4. The van der Waals surface area contributed by atoms with Gasteiger partial charge in [0.1, 0.15) is 0 Å². The summed E-state index contributed by atoms with van der Waals surface area (Å²) in [4.78, 5) is 0. The summed E-state index contributed by atoms with van der Waals surface area (Å²) >= 11 is 0. The molecule has 1 aliphatic heterocycles. The summed E-state index contributed by atoms with van der Waals surface area (Å²) in [6, 6.07) is 35.0. The van der Waals surface area contributed by atoms with E-state index in [-0.39, 0.29) is 12.1 Å². The molecule has 0 atom stereocenters. The van der Waals surface area contributed by atoms with Crippen molar-refractivity contribution in [2.24, 2.45) is 0 Å². The monoisotopic (exact) mass is 490 g/mol. The van der Waals surface area contributed by atoms with E-state index in [4.69, 9.17) is 0 Å². The van der Waals surface area contributed by atoms with Crippen LogP contribution in [0.25, 0.3) is 32.3 Å². The molecule has 0 amide bonds. The molecule has 0 N–H and O–H groups in total.